The highest BCUT2D eigenvalue weighted by atomic mass is 19.4. The zero-order chi connectivity index (χ0) is 28.1. The molecule has 0 spiro atoms. The average molecular weight is 549 g/mol. The summed E-state index contributed by atoms with van der Waals surface area (Å²) in [6, 6.07) is 17.8. The predicted molar refractivity (Wildman–Crippen MR) is 147 cm³/mol. The lowest BCUT2D eigenvalue weighted by atomic mass is 10.1. The van der Waals surface area contributed by atoms with Crippen molar-refractivity contribution in [1.82, 2.24) is 19.9 Å². The number of hydrogen-bond acceptors (Lipinski definition) is 8. The summed E-state index contributed by atoms with van der Waals surface area (Å²) >= 11 is 0. The third-order valence-electron chi connectivity index (χ3n) is 6.38. The Balaban J connectivity index is 1.24. The van der Waals surface area contributed by atoms with Gasteiger partial charge in [0, 0.05) is 50.2 Å². The van der Waals surface area contributed by atoms with Crippen molar-refractivity contribution in [3.63, 3.8) is 0 Å². The average Bonchev–Trinajstić information content (AvgIpc) is 2.97. The van der Waals surface area contributed by atoms with E-state index >= 15 is 0 Å². The molecule has 2 N–H and O–H groups in total. The van der Waals surface area contributed by atoms with Crippen LogP contribution >= 0.6 is 0 Å². The number of rotatable bonds is 7. The highest BCUT2D eigenvalue weighted by Crippen LogP contribution is 2.32. The molecule has 2 aromatic carbocycles. The Morgan fingerprint density at radius 3 is 2.33 bits per heavy atom. The van der Waals surface area contributed by atoms with Crippen LogP contribution in [0.5, 0.6) is 0 Å². The van der Waals surface area contributed by atoms with Crippen LogP contribution in [0.4, 0.5) is 42.3 Å². The number of para-hydroxylation sites is 1. The van der Waals surface area contributed by atoms with E-state index in [1.165, 1.54) is 18.3 Å². The largest absolute Gasteiger partial charge is 0.416 e. The number of piperazine rings is 1. The van der Waals surface area contributed by atoms with Gasteiger partial charge in [0.15, 0.2) is 0 Å². The van der Waals surface area contributed by atoms with Crippen molar-refractivity contribution in [2.75, 3.05) is 46.6 Å². The molecule has 2 aromatic heterocycles. The number of halogens is 3. The van der Waals surface area contributed by atoms with Crippen LogP contribution in [0, 0.1) is 0 Å². The molecular formula is C28H27F3N8O. The zero-order valence-corrected chi connectivity index (χ0v) is 21.7. The maximum absolute atomic E-state index is 13.1. The summed E-state index contributed by atoms with van der Waals surface area (Å²) in [5.41, 5.74) is 0.967. The lowest BCUT2D eigenvalue weighted by Crippen LogP contribution is -2.47. The molecule has 0 aliphatic carbocycles. The summed E-state index contributed by atoms with van der Waals surface area (Å²) < 4.78 is 39.4. The zero-order valence-electron chi connectivity index (χ0n) is 21.7. The first-order valence-corrected chi connectivity index (χ1v) is 12.8. The minimum absolute atomic E-state index is 0.273. The number of pyridine rings is 1. The van der Waals surface area contributed by atoms with Gasteiger partial charge in [0.1, 0.15) is 11.6 Å². The van der Waals surface area contributed by atoms with Crippen molar-refractivity contribution in [3.05, 3.63) is 89.9 Å². The van der Waals surface area contributed by atoms with Crippen LogP contribution in [0.2, 0.25) is 0 Å². The fraction of sp³-hybridized carbons (Fsp3) is 0.250. The van der Waals surface area contributed by atoms with Gasteiger partial charge in [0.2, 0.25) is 11.9 Å². The van der Waals surface area contributed by atoms with Gasteiger partial charge in [-0.15, -0.1) is 0 Å². The van der Waals surface area contributed by atoms with E-state index in [0.717, 1.165) is 6.07 Å². The SMILES string of the molecule is CCc1nc(Nc2ccc(C(=O)Nc3ccccc3)cn2)nc(N2CCN(c3cccc(C(F)(F)F)c3)CC2)n1. The molecule has 1 aliphatic heterocycles. The Hall–Kier alpha value is -4.74. The maximum atomic E-state index is 13.1. The minimum Gasteiger partial charge on any atom is -0.368 e. The van der Waals surface area contributed by atoms with Gasteiger partial charge in [-0.3, -0.25) is 4.79 Å². The van der Waals surface area contributed by atoms with Crippen molar-refractivity contribution in [3.8, 4) is 0 Å². The molecule has 4 aromatic rings. The Labute approximate surface area is 229 Å². The second kappa shape index (κ2) is 11.6. The molecule has 0 unspecified atom stereocenters. The Morgan fingerprint density at radius 1 is 0.900 bits per heavy atom. The summed E-state index contributed by atoms with van der Waals surface area (Å²) in [5.74, 6) is 1.58. The number of anilines is 5. The number of carbonyl (C=O) groups excluding carboxylic acids is 1. The topological polar surface area (TPSA) is 99.2 Å². The molecule has 3 heterocycles. The number of hydrogen-bond donors (Lipinski definition) is 2. The molecule has 0 atom stereocenters. The van der Waals surface area contributed by atoms with Crippen LogP contribution in [0.25, 0.3) is 0 Å². The minimum atomic E-state index is -4.38. The van der Waals surface area contributed by atoms with Crippen LogP contribution in [-0.4, -0.2) is 52.0 Å². The van der Waals surface area contributed by atoms with Gasteiger partial charge in [-0.05, 0) is 42.5 Å². The second-order valence-corrected chi connectivity index (χ2v) is 9.13. The number of amides is 1. The molecule has 0 radical (unpaired) electrons. The molecule has 206 valence electrons. The van der Waals surface area contributed by atoms with Gasteiger partial charge in [-0.25, -0.2) is 4.98 Å². The summed E-state index contributed by atoms with van der Waals surface area (Å²) in [6.07, 6.45) is -2.33. The van der Waals surface area contributed by atoms with E-state index in [4.69, 9.17) is 0 Å². The van der Waals surface area contributed by atoms with Crippen LogP contribution in [-0.2, 0) is 12.6 Å². The number of nitrogens with one attached hydrogen (secondary N) is 2. The van der Waals surface area contributed by atoms with E-state index in [1.807, 2.05) is 34.9 Å². The molecular weight excluding hydrogens is 521 g/mol. The second-order valence-electron chi connectivity index (χ2n) is 9.13. The summed E-state index contributed by atoms with van der Waals surface area (Å²) in [7, 11) is 0. The molecule has 1 aliphatic rings. The van der Waals surface area contributed by atoms with Crippen molar-refractivity contribution in [2.45, 2.75) is 19.5 Å². The summed E-state index contributed by atoms with van der Waals surface area (Å²) in [6.45, 7) is 4.04. The Morgan fingerprint density at radius 2 is 1.65 bits per heavy atom. The Kier molecular flexibility index (Phi) is 7.76. The van der Waals surface area contributed by atoms with Crippen LogP contribution in [0.3, 0.4) is 0 Å². The van der Waals surface area contributed by atoms with E-state index in [9.17, 15) is 18.0 Å². The van der Waals surface area contributed by atoms with Gasteiger partial charge >= 0.3 is 6.18 Å². The molecule has 40 heavy (non-hydrogen) atoms. The smallest absolute Gasteiger partial charge is 0.368 e. The van der Waals surface area contributed by atoms with E-state index in [2.05, 4.69) is 30.6 Å². The number of aryl methyl sites for hydroxylation is 1. The Bertz CT molecular complexity index is 1460. The molecule has 9 nitrogen and oxygen atoms in total. The van der Waals surface area contributed by atoms with Crippen molar-refractivity contribution >= 4 is 35.0 Å². The fourth-order valence-electron chi connectivity index (χ4n) is 4.25. The van der Waals surface area contributed by atoms with E-state index in [-0.39, 0.29) is 5.91 Å². The molecule has 0 bridgehead atoms. The third kappa shape index (κ3) is 6.45. The predicted octanol–water partition coefficient (Wildman–Crippen LogP) is 5.17. The number of carbonyl (C=O) groups is 1. The van der Waals surface area contributed by atoms with Gasteiger partial charge in [-0.2, -0.15) is 28.1 Å². The van der Waals surface area contributed by atoms with Gasteiger partial charge in [0.25, 0.3) is 5.91 Å². The molecule has 1 fully saturated rings. The molecule has 5 rings (SSSR count). The van der Waals surface area contributed by atoms with Crippen LogP contribution in [0.15, 0.2) is 72.9 Å². The number of benzene rings is 2. The highest BCUT2D eigenvalue weighted by Gasteiger charge is 2.31. The molecule has 0 saturated carbocycles. The van der Waals surface area contributed by atoms with E-state index < -0.39 is 11.7 Å². The van der Waals surface area contributed by atoms with Crippen molar-refractivity contribution < 1.29 is 18.0 Å². The van der Waals surface area contributed by atoms with Gasteiger partial charge in [-0.1, -0.05) is 31.2 Å². The van der Waals surface area contributed by atoms with E-state index in [1.54, 1.807) is 30.3 Å². The monoisotopic (exact) mass is 548 g/mol. The lowest BCUT2D eigenvalue weighted by molar-refractivity contribution is -0.137. The van der Waals surface area contributed by atoms with E-state index in [0.29, 0.717) is 73.1 Å². The first-order valence-electron chi connectivity index (χ1n) is 12.8. The molecule has 1 saturated heterocycles. The summed E-state index contributed by atoms with van der Waals surface area (Å²) in [4.78, 5) is 34.3. The third-order valence-corrected chi connectivity index (χ3v) is 6.38. The lowest BCUT2D eigenvalue weighted by Gasteiger charge is -2.36. The van der Waals surface area contributed by atoms with Gasteiger partial charge < -0.3 is 20.4 Å². The van der Waals surface area contributed by atoms with Crippen molar-refractivity contribution in [2.24, 2.45) is 0 Å². The van der Waals surface area contributed by atoms with Crippen molar-refractivity contribution in [1.29, 1.82) is 0 Å². The highest BCUT2D eigenvalue weighted by molar-refractivity contribution is 6.04. The van der Waals surface area contributed by atoms with Gasteiger partial charge in [0.05, 0.1) is 11.1 Å². The normalized spacial score (nSPS) is 13.7. The fourth-order valence-corrected chi connectivity index (χ4v) is 4.25. The first-order chi connectivity index (χ1) is 19.3. The number of alkyl halides is 3. The standard InChI is InChI=1S/C28H27F3N8O/c1-2-23-34-26(35-24-12-11-19(18-32-24)25(40)33-21-8-4-3-5-9-21)37-27(36-23)39-15-13-38(14-16-39)22-10-6-7-20(17-22)28(29,30)31/h3-12,17-18H,2,13-16H2,1H3,(H,33,40)(H,32,34,35,36,37). The molecule has 12 heteroatoms. The number of aromatic nitrogens is 4. The van der Waals surface area contributed by atoms with Crippen LogP contribution in [0.1, 0.15) is 28.7 Å². The maximum Gasteiger partial charge on any atom is 0.416 e. The molecule has 1 amide bonds. The number of nitrogens with zero attached hydrogens (tertiary/aromatic N) is 6. The van der Waals surface area contributed by atoms with Crippen LogP contribution < -0.4 is 20.4 Å². The first kappa shape index (κ1) is 26.9. The summed E-state index contributed by atoms with van der Waals surface area (Å²) in [5, 5.41) is 5.90. The quantitative estimate of drug-likeness (QED) is 0.326.